The Balaban J connectivity index is 1.87. The molecule has 0 saturated heterocycles. The van der Waals surface area contributed by atoms with Crippen molar-refractivity contribution in [1.29, 1.82) is 0 Å². The van der Waals surface area contributed by atoms with Crippen molar-refractivity contribution in [2.45, 2.75) is 20.0 Å². The average molecular weight is 317 g/mol. The maximum atomic E-state index is 11.9. The fourth-order valence-electron chi connectivity index (χ4n) is 1.76. The van der Waals surface area contributed by atoms with Crippen LogP contribution in [0.15, 0.2) is 53.6 Å². The van der Waals surface area contributed by atoms with Crippen LogP contribution >= 0.6 is 11.6 Å². The van der Waals surface area contributed by atoms with E-state index in [2.05, 4.69) is 10.5 Å². The van der Waals surface area contributed by atoms with Gasteiger partial charge in [0, 0.05) is 5.02 Å². The second-order valence-electron chi connectivity index (χ2n) is 4.86. The van der Waals surface area contributed by atoms with Crippen LogP contribution in [0, 0.1) is 6.92 Å². The van der Waals surface area contributed by atoms with Gasteiger partial charge in [-0.1, -0.05) is 35.9 Å². The summed E-state index contributed by atoms with van der Waals surface area (Å²) in [6.45, 7) is 3.64. The third kappa shape index (κ3) is 4.90. The quantitative estimate of drug-likeness (QED) is 0.677. The summed E-state index contributed by atoms with van der Waals surface area (Å²) < 4.78 is 5.57. The molecule has 0 aliphatic carbocycles. The van der Waals surface area contributed by atoms with Gasteiger partial charge in [0.15, 0.2) is 6.10 Å². The van der Waals surface area contributed by atoms with Crippen LogP contribution in [0.2, 0.25) is 5.02 Å². The molecule has 0 saturated carbocycles. The number of hydrazone groups is 1. The van der Waals surface area contributed by atoms with Crippen molar-refractivity contribution in [3.05, 3.63) is 64.7 Å². The predicted octanol–water partition coefficient (Wildman–Crippen LogP) is 3.57. The van der Waals surface area contributed by atoms with E-state index < -0.39 is 6.10 Å². The molecule has 0 fully saturated rings. The van der Waals surface area contributed by atoms with Crippen LogP contribution < -0.4 is 10.2 Å². The Morgan fingerprint density at radius 2 is 2.00 bits per heavy atom. The minimum absolute atomic E-state index is 0.313. The van der Waals surface area contributed by atoms with Crippen molar-refractivity contribution in [2.24, 2.45) is 5.10 Å². The highest BCUT2D eigenvalue weighted by molar-refractivity contribution is 6.30. The molecular formula is C17H17ClN2O2. The van der Waals surface area contributed by atoms with Gasteiger partial charge in [0.25, 0.3) is 5.91 Å². The second-order valence-corrected chi connectivity index (χ2v) is 5.30. The number of ether oxygens (including phenoxy) is 1. The Kier molecular flexibility index (Phi) is 5.55. The number of halogens is 1. The van der Waals surface area contributed by atoms with Gasteiger partial charge in [0.2, 0.25) is 0 Å². The van der Waals surface area contributed by atoms with Crippen molar-refractivity contribution in [3.8, 4) is 5.75 Å². The molecule has 0 unspecified atom stereocenters. The summed E-state index contributed by atoms with van der Waals surface area (Å²) in [7, 11) is 0. The Hall–Kier alpha value is -2.33. The van der Waals surface area contributed by atoms with Crippen LogP contribution in [-0.4, -0.2) is 18.2 Å². The number of carbonyl (C=O) groups excluding carboxylic acids is 1. The molecule has 0 spiro atoms. The topological polar surface area (TPSA) is 50.7 Å². The number of nitrogens with zero attached hydrogens (tertiary/aromatic N) is 1. The molecular weight excluding hydrogens is 300 g/mol. The van der Waals surface area contributed by atoms with Crippen molar-refractivity contribution in [3.63, 3.8) is 0 Å². The summed E-state index contributed by atoms with van der Waals surface area (Å²) in [6.07, 6.45) is 0.914. The van der Waals surface area contributed by atoms with Crippen LogP contribution in [0.5, 0.6) is 5.75 Å². The monoisotopic (exact) mass is 316 g/mol. The van der Waals surface area contributed by atoms with Gasteiger partial charge in [0.05, 0.1) is 6.21 Å². The lowest BCUT2D eigenvalue weighted by atomic mass is 10.2. The lowest BCUT2D eigenvalue weighted by molar-refractivity contribution is -0.127. The van der Waals surface area contributed by atoms with Crippen LogP contribution in [0.4, 0.5) is 0 Å². The second kappa shape index (κ2) is 7.61. The first kappa shape index (κ1) is 16.0. The highest BCUT2D eigenvalue weighted by Crippen LogP contribution is 2.14. The lowest BCUT2D eigenvalue weighted by Crippen LogP contribution is -2.33. The van der Waals surface area contributed by atoms with Gasteiger partial charge in [-0.3, -0.25) is 4.79 Å². The number of aryl methyl sites for hydroxylation is 1. The molecule has 2 rings (SSSR count). The van der Waals surface area contributed by atoms with E-state index >= 15 is 0 Å². The first-order valence-corrected chi connectivity index (χ1v) is 7.24. The molecule has 2 aromatic carbocycles. The normalized spacial score (nSPS) is 12.1. The number of hydrogen-bond acceptors (Lipinski definition) is 3. The number of benzene rings is 2. The lowest BCUT2D eigenvalue weighted by Gasteiger charge is -2.13. The molecule has 0 bridgehead atoms. The van der Waals surface area contributed by atoms with E-state index in [1.807, 2.05) is 43.3 Å². The molecule has 1 atom stereocenters. The third-order valence-electron chi connectivity index (χ3n) is 2.93. The fraction of sp³-hybridized carbons (Fsp3) is 0.176. The number of hydrogen-bond donors (Lipinski definition) is 1. The molecule has 5 heteroatoms. The van der Waals surface area contributed by atoms with Gasteiger partial charge in [-0.15, -0.1) is 0 Å². The molecule has 114 valence electrons. The summed E-state index contributed by atoms with van der Waals surface area (Å²) in [5.74, 6) is 0.344. The zero-order chi connectivity index (χ0) is 15.9. The minimum atomic E-state index is -0.635. The highest BCUT2D eigenvalue weighted by Gasteiger charge is 2.13. The summed E-state index contributed by atoms with van der Waals surface area (Å²) >= 11 is 5.80. The van der Waals surface area contributed by atoms with Crippen molar-refractivity contribution < 1.29 is 9.53 Å². The largest absolute Gasteiger partial charge is 0.481 e. The van der Waals surface area contributed by atoms with Crippen LogP contribution in [0.25, 0.3) is 0 Å². The molecule has 22 heavy (non-hydrogen) atoms. The standard InChI is InChI=1S/C17H17ClN2O2/c1-12-4-3-5-16(10-12)22-13(2)17(21)20-19-11-14-6-8-15(18)9-7-14/h3-11,13H,1-2H3,(H,20,21)/t13-/m1/s1. The minimum Gasteiger partial charge on any atom is -0.481 e. The Labute approximate surface area is 134 Å². The first-order chi connectivity index (χ1) is 10.5. The van der Waals surface area contributed by atoms with Gasteiger partial charge in [-0.05, 0) is 49.2 Å². The van der Waals surface area contributed by atoms with E-state index in [4.69, 9.17) is 16.3 Å². The number of nitrogens with one attached hydrogen (secondary N) is 1. The predicted molar refractivity (Wildman–Crippen MR) is 88.5 cm³/mol. The molecule has 0 aromatic heterocycles. The van der Waals surface area contributed by atoms with E-state index in [9.17, 15) is 4.79 Å². The molecule has 0 radical (unpaired) electrons. The van der Waals surface area contributed by atoms with Gasteiger partial charge >= 0.3 is 0 Å². The number of carbonyl (C=O) groups is 1. The number of amides is 1. The first-order valence-electron chi connectivity index (χ1n) is 6.86. The van der Waals surface area contributed by atoms with E-state index in [0.29, 0.717) is 10.8 Å². The number of rotatable bonds is 5. The third-order valence-corrected chi connectivity index (χ3v) is 3.18. The molecule has 4 nitrogen and oxygen atoms in total. The highest BCUT2D eigenvalue weighted by atomic mass is 35.5. The zero-order valence-electron chi connectivity index (χ0n) is 12.4. The van der Waals surface area contributed by atoms with E-state index in [1.165, 1.54) is 0 Å². The van der Waals surface area contributed by atoms with Crippen molar-refractivity contribution in [1.82, 2.24) is 5.43 Å². The zero-order valence-corrected chi connectivity index (χ0v) is 13.2. The van der Waals surface area contributed by atoms with Gasteiger partial charge < -0.3 is 4.74 Å². The van der Waals surface area contributed by atoms with Crippen LogP contribution in [-0.2, 0) is 4.79 Å². The summed E-state index contributed by atoms with van der Waals surface area (Å²) in [5, 5.41) is 4.56. The van der Waals surface area contributed by atoms with E-state index in [0.717, 1.165) is 11.1 Å². The molecule has 1 N–H and O–H groups in total. The summed E-state index contributed by atoms with van der Waals surface area (Å²) in [6, 6.07) is 14.7. The van der Waals surface area contributed by atoms with E-state index in [1.54, 1.807) is 25.3 Å². The Bertz CT molecular complexity index is 669. The smallest absolute Gasteiger partial charge is 0.280 e. The maximum absolute atomic E-state index is 11.9. The van der Waals surface area contributed by atoms with Crippen molar-refractivity contribution in [2.75, 3.05) is 0 Å². The van der Waals surface area contributed by atoms with Gasteiger partial charge in [0.1, 0.15) is 5.75 Å². The fourth-order valence-corrected chi connectivity index (χ4v) is 1.88. The average Bonchev–Trinajstić information content (AvgIpc) is 2.49. The molecule has 0 aliphatic rings. The SMILES string of the molecule is Cc1cccc(O[C@H](C)C(=O)NN=Cc2ccc(Cl)cc2)c1. The molecule has 2 aromatic rings. The van der Waals surface area contributed by atoms with Crippen LogP contribution in [0.1, 0.15) is 18.1 Å². The summed E-state index contributed by atoms with van der Waals surface area (Å²) in [4.78, 5) is 11.9. The Morgan fingerprint density at radius 1 is 1.27 bits per heavy atom. The van der Waals surface area contributed by atoms with E-state index in [-0.39, 0.29) is 5.91 Å². The molecule has 0 heterocycles. The molecule has 1 amide bonds. The van der Waals surface area contributed by atoms with Gasteiger partial charge in [-0.2, -0.15) is 5.10 Å². The molecule has 0 aliphatic heterocycles. The van der Waals surface area contributed by atoms with Gasteiger partial charge in [-0.25, -0.2) is 5.43 Å². The Morgan fingerprint density at radius 3 is 2.68 bits per heavy atom. The van der Waals surface area contributed by atoms with Crippen molar-refractivity contribution >= 4 is 23.7 Å². The maximum Gasteiger partial charge on any atom is 0.280 e. The summed E-state index contributed by atoms with van der Waals surface area (Å²) in [5.41, 5.74) is 4.37. The van der Waals surface area contributed by atoms with Crippen LogP contribution in [0.3, 0.4) is 0 Å².